The standard InChI is InChI=1S/C47H44F4N6.Pt/c1-43(2,37-25-27(23-35(52-37)29-19-21-39(48)54-41(29)50)56-44(3,4)31-15-11-12-16-32(31)45(56,5)6)38-26-28(24-36(53-38)30-20-22-40(49)55-42(30)51)57-46(7,8)33-17-13-14-18-34(33)47(57,9)10;/h11-18,21-26H,1-10H3;/q-2;+2. The van der Waals surface area contributed by atoms with Crippen LogP contribution in [0.5, 0.6) is 0 Å². The first-order valence-corrected chi connectivity index (χ1v) is 19.0. The van der Waals surface area contributed by atoms with E-state index in [1.807, 2.05) is 50.2 Å². The normalized spacial score (nSPS) is 17.1. The van der Waals surface area contributed by atoms with Crippen molar-refractivity contribution in [1.29, 1.82) is 0 Å². The Bertz CT molecular complexity index is 2360. The van der Waals surface area contributed by atoms with Crippen molar-refractivity contribution < 1.29 is 38.6 Å². The van der Waals surface area contributed by atoms with E-state index in [9.17, 15) is 8.78 Å². The van der Waals surface area contributed by atoms with Crippen LogP contribution in [0.3, 0.4) is 0 Å². The minimum absolute atomic E-state index is 0. The van der Waals surface area contributed by atoms with Crippen LogP contribution < -0.4 is 9.80 Å². The third-order valence-electron chi connectivity index (χ3n) is 12.2. The van der Waals surface area contributed by atoms with Gasteiger partial charge in [-0.2, -0.15) is 0 Å². The minimum atomic E-state index is -1.04. The molecule has 0 atom stereocenters. The van der Waals surface area contributed by atoms with E-state index in [0.29, 0.717) is 11.4 Å². The van der Waals surface area contributed by atoms with Crippen molar-refractivity contribution in [3.05, 3.63) is 154 Å². The fourth-order valence-electron chi connectivity index (χ4n) is 9.69. The van der Waals surface area contributed by atoms with Gasteiger partial charge in [-0.15, -0.1) is 12.1 Å². The van der Waals surface area contributed by atoms with E-state index < -0.39 is 51.4 Å². The molecule has 2 aliphatic rings. The van der Waals surface area contributed by atoms with Crippen LogP contribution >= 0.6 is 0 Å². The predicted molar refractivity (Wildman–Crippen MR) is 215 cm³/mol. The van der Waals surface area contributed by atoms with Crippen molar-refractivity contribution in [1.82, 2.24) is 19.9 Å². The fourth-order valence-corrected chi connectivity index (χ4v) is 9.69. The van der Waals surface area contributed by atoms with Crippen molar-refractivity contribution in [3.63, 3.8) is 0 Å². The van der Waals surface area contributed by atoms with Gasteiger partial charge in [0, 0.05) is 28.2 Å². The molecule has 0 bridgehead atoms. The van der Waals surface area contributed by atoms with Crippen LogP contribution in [0.4, 0.5) is 28.9 Å². The van der Waals surface area contributed by atoms with E-state index in [4.69, 9.17) is 9.97 Å². The van der Waals surface area contributed by atoms with Crippen molar-refractivity contribution >= 4 is 11.4 Å². The molecule has 0 spiro atoms. The van der Waals surface area contributed by atoms with Gasteiger partial charge in [0.1, 0.15) is 23.8 Å². The van der Waals surface area contributed by atoms with E-state index in [1.54, 1.807) is 12.1 Å². The van der Waals surface area contributed by atoms with Gasteiger partial charge in [-0.25, -0.2) is 17.6 Å². The molecule has 0 radical (unpaired) electrons. The molecule has 0 unspecified atom stereocenters. The molecule has 0 saturated carbocycles. The Morgan fingerprint density at radius 1 is 0.500 bits per heavy atom. The quantitative estimate of drug-likeness (QED) is 0.0942. The summed E-state index contributed by atoms with van der Waals surface area (Å²) in [5, 5.41) is 0. The Balaban J connectivity index is 0.00000512. The topological polar surface area (TPSA) is 58.0 Å². The molecule has 0 fully saturated rings. The van der Waals surface area contributed by atoms with Gasteiger partial charge in [-0.1, -0.05) is 83.9 Å². The molecular formula is C47H44F4N6Pt. The smallest absolute Gasteiger partial charge is 0.354 e. The summed E-state index contributed by atoms with van der Waals surface area (Å²) in [4.78, 5) is 21.6. The SMILES string of the molecule is CC(C)(c1cc(N2C(C)(C)c3ccccc3C2(C)C)cc(-c2[c-]cc(F)nc2F)n1)c1cc(N2C(C)(C)c3ccccc3C2(C)C)cc(-c2[c-]cc(F)nc2F)n1.[Pt+2]. The monoisotopic (exact) mass is 963 g/mol. The average Bonchev–Trinajstić information content (AvgIpc) is 3.41. The van der Waals surface area contributed by atoms with Crippen molar-refractivity contribution in [2.24, 2.45) is 0 Å². The molecular weight excluding hydrogens is 920 g/mol. The average molecular weight is 964 g/mol. The fraction of sp³-hybridized carbons (Fsp3) is 0.319. The molecule has 6 nitrogen and oxygen atoms in total. The molecule has 0 amide bonds. The van der Waals surface area contributed by atoms with Gasteiger partial charge in [0.2, 0.25) is 0 Å². The van der Waals surface area contributed by atoms with Gasteiger partial charge in [-0.3, -0.25) is 9.97 Å². The molecule has 0 saturated heterocycles. The van der Waals surface area contributed by atoms with E-state index in [1.165, 1.54) is 0 Å². The number of fused-ring (bicyclic) bond motifs is 2. The number of pyridine rings is 4. The summed E-state index contributed by atoms with van der Waals surface area (Å²) in [7, 11) is 0. The molecule has 4 aromatic heterocycles. The molecule has 0 N–H and O–H groups in total. The third kappa shape index (κ3) is 6.25. The van der Waals surface area contributed by atoms with Crippen LogP contribution in [0, 0.1) is 35.9 Å². The first-order valence-electron chi connectivity index (χ1n) is 19.0. The summed E-state index contributed by atoms with van der Waals surface area (Å²) in [6.45, 7) is 21.1. The molecule has 6 aromatic rings. The van der Waals surface area contributed by atoms with Gasteiger partial charge < -0.3 is 19.8 Å². The number of hydrogen-bond acceptors (Lipinski definition) is 6. The minimum Gasteiger partial charge on any atom is -0.354 e. The molecule has 2 aliphatic heterocycles. The first kappa shape index (κ1) is 41.2. The van der Waals surface area contributed by atoms with Gasteiger partial charge in [0.15, 0.2) is 0 Å². The molecule has 0 aliphatic carbocycles. The summed E-state index contributed by atoms with van der Waals surface area (Å²) in [6, 6.07) is 31.6. The van der Waals surface area contributed by atoms with Crippen LogP contribution in [0.2, 0.25) is 0 Å². The zero-order valence-electron chi connectivity index (χ0n) is 34.1. The van der Waals surface area contributed by atoms with E-state index in [-0.39, 0.29) is 43.6 Å². The van der Waals surface area contributed by atoms with Crippen molar-refractivity contribution in [2.45, 2.75) is 96.8 Å². The third-order valence-corrected chi connectivity index (χ3v) is 12.2. The van der Waals surface area contributed by atoms with Crippen LogP contribution in [0.1, 0.15) is 103 Å². The zero-order valence-corrected chi connectivity index (χ0v) is 36.4. The van der Waals surface area contributed by atoms with E-state index in [2.05, 4.69) is 112 Å². The number of hydrogen-bond donors (Lipinski definition) is 0. The Kier molecular flexibility index (Phi) is 9.82. The summed E-state index contributed by atoms with van der Waals surface area (Å²) >= 11 is 0. The van der Waals surface area contributed by atoms with Gasteiger partial charge in [0.05, 0.1) is 22.2 Å². The molecule has 8 rings (SSSR count). The summed E-state index contributed by atoms with van der Waals surface area (Å²) < 4.78 is 59.5. The predicted octanol–water partition coefficient (Wildman–Crippen LogP) is 11.1. The number of halogens is 4. The van der Waals surface area contributed by atoms with Gasteiger partial charge in [0.25, 0.3) is 0 Å². The maximum absolute atomic E-state index is 15.6. The van der Waals surface area contributed by atoms with E-state index >= 15 is 8.78 Å². The number of rotatable bonds is 6. The van der Waals surface area contributed by atoms with Crippen molar-refractivity contribution in [2.75, 3.05) is 9.80 Å². The molecule has 58 heavy (non-hydrogen) atoms. The van der Waals surface area contributed by atoms with Crippen LogP contribution in [0.15, 0.2) is 84.9 Å². The Morgan fingerprint density at radius 2 is 0.810 bits per heavy atom. The van der Waals surface area contributed by atoms with Crippen LogP contribution in [-0.4, -0.2) is 19.9 Å². The summed E-state index contributed by atoms with van der Waals surface area (Å²) in [5.74, 6) is -4.06. The number of anilines is 2. The Labute approximate surface area is 352 Å². The van der Waals surface area contributed by atoms with E-state index in [0.717, 1.165) is 45.8 Å². The zero-order chi connectivity index (χ0) is 41.0. The van der Waals surface area contributed by atoms with Crippen LogP contribution in [0.25, 0.3) is 22.5 Å². The number of aromatic nitrogens is 4. The molecule has 300 valence electrons. The second-order valence-electron chi connectivity index (χ2n) is 17.6. The maximum Gasteiger partial charge on any atom is 2.00 e. The van der Waals surface area contributed by atoms with Gasteiger partial charge >= 0.3 is 21.1 Å². The first-order chi connectivity index (χ1) is 26.7. The van der Waals surface area contributed by atoms with Gasteiger partial charge in [-0.05, 0) is 115 Å². The second-order valence-corrected chi connectivity index (χ2v) is 17.6. The molecule has 2 aromatic carbocycles. The molecule has 11 heteroatoms. The van der Waals surface area contributed by atoms with Crippen molar-refractivity contribution in [3.8, 4) is 22.5 Å². The summed E-state index contributed by atoms with van der Waals surface area (Å²) in [6.07, 6.45) is 0. The summed E-state index contributed by atoms with van der Waals surface area (Å²) in [5.41, 5.74) is 4.25. The number of benzene rings is 2. The van der Waals surface area contributed by atoms with Crippen LogP contribution in [-0.2, 0) is 48.6 Å². The Morgan fingerprint density at radius 3 is 1.10 bits per heavy atom. The Hall–Kier alpha value is -4.95. The second kappa shape index (κ2) is 13.8. The molecule has 6 heterocycles. The number of nitrogens with zero attached hydrogens (tertiary/aromatic N) is 6. The largest absolute Gasteiger partial charge is 2.00 e. The maximum atomic E-state index is 15.6.